The Labute approximate surface area is 186 Å². The van der Waals surface area contributed by atoms with E-state index in [0.29, 0.717) is 12.6 Å². The molecule has 0 amide bonds. The van der Waals surface area contributed by atoms with Crippen LogP contribution in [0.1, 0.15) is 35.6 Å². The molecule has 0 bridgehead atoms. The number of aryl methyl sites for hydroxylation is 2. The SMILES string of the molecule is COc1cccc(CNC(C)CCc2ccccc2)c1OCc1ccc(C)cc1.Cl. The van der Waals surface area contributed by atoms with Gasteiger partial charge in [0.25, 0.3) is 0 Å². The molecular formula is C26H32ClNO2. The van der Waals surface area contributed by atoms with Gasteiger partial charge in [0.05, 0.1) is 7.11 Å². The Morgan fingerprint density at radius 1 is 0.867 bits per heavy atom. The summed E-state index contributed by atoms with van der Waals surface area (Å²) in [5.74, 6) is 1.59. The summed E-state index contributed by atoms with van der Waals surface area (Å²) in [4.78, 5) is 0. The summed E-state index contributed by atoms with van der Waals surface area (Å²) < 4.78 is 11.7. The molecule has 0 fully saturated rings. The van der Waals surface area contributed by atoms with Crippen LogP contribution in [-0.2, 0) is 19.6 Å². The van der Waals surface area contributed by atoms with Gasteiger partial charge in [0.2, 0.25) is 0 Å². The number of rotatable bonds is 10. The molecule has 0 aromatic heterocycles. The van der Waals surface area contributed by atoms with Crippen molar-refractivity contribution in [2.24, 2.45) is 0 Å². The molecule has 3 nitrogen and oxygen atoms in total. The van der Waals surface area contributed by atoms with E-state index < -0.39 is 0 Å². The van der Waals surface area contributed by atoms with Crippen molar-refractivity contribution in [3.8, 4) is 11.5 Å². The molecule has 30 heavy (non-hydrogen) atoms. The lowest BCUT2D eigenvalue weighted by molar-refractivity contribution is 0.280. The fraction of sp³-hybridized carbons (Fsp3) is 0.308. The molecule has 0 saturated heterocycles. The third-order valence-electron chi connectivity index (χ3n) is 5.13. The van der Waals surface area contributed by atoms with Crippen molar-refractivity contribution in [3.05, 3.63) is 95.1 Å². The molecule has 0 radical (unpaired) electrons. The first kappa shape index (κ1) is 23.8. The molecule has 3 rings (SSSR count). The van der Waals surface area contributed by atoms with Crippen LogP contribution in [0.5, 0.6) is 11.5 Å². The van der Waals surface area contributed by atoms with Gasteiger partial charge in [-0.2, -0.15) is 0 Å². The minimum atomic E-state index is 0. The van der Waals surface area contributed by atoms with E-state index >= 15 is 0 Å². The largest absolute Gasteiger partial charge is 0.493 e. The van der Waals surface area contributed by atoms with Gasteiger partial charge < -0.3 is 14.8 Å². The van der Waals surface area contributed by atoms with Crippen LogP contribution in [0.15, 0.2) is 72.8 Å². The van der Waals surface area contributed by atoms with Crippen LogP contribution < -0.4 is 14.8 Å². The summed E-state index contributed by atoms with van der Waals surface area (Å²) in [6.07, 6.45) is 2.16. The fourth-order valence-corrected chi connectivity index (χ4v) is 3.28. The molecule has 0 spiro atoms. The lowest BCUT2D eigenvalue weighted by Crippen LogP contribution is -2.26. The van der Waals surface area contributed by atoms with Crippen LogP contribution >= 0.6 is 12.4 Å². The van der Waals surface area contributed by atoms with Gasteiger partial charge in [0, 0.05) is 18.2 Å². The highest BCUT2D eigenvalue weighted by Gasteiger charge is 2.12. The fourth-order valence-electron chi connectivity index (χ4n) is 3.28. The average Bonchev–Trinajstić information content (AvgIpc) is 2.76. The highest BCUT2D eigenvalue weighted by Crippen LogP contribution is 2.32. The van der Waals surface area contributed by atoms with Crippen molar-refractivity contribution >= 4 is 12.4 Å². The smallest absolute Gasteiger partial charge is 0.166 e. The molecule has 1 atom stereocenters. The van der Waals surface area contributed by atoms with Gasteiger partial charge in [0.15, 0.2) is 11.5 Å². The second kappa shape index (κ2) is 12.3. The Morgan fingerprint density at radius 2 is 1.60 bits per heavy atom. The van der Waals surface area contributed by atoms with E-state index in [1.54, 1.807) is 7.11 Å². The molecule has 0 heterocycles. The minimum Gasteiger partial charge on any atom is -0.493 e. The maximum absolute atomic E-state index is 6.18. The Balaban J connectivity index is 0.00000320. The second-order valence-electron chi connectivity index (χ2n) is 7.53. The number of nitrogens with one attached hydrogen (secondary N) is 1. The molecule has 0 aliphatic heterocycles. The average molecular weight is 426 g/mol. The molecule has 160 valence electrons. The Hall–Kier alpha value is -2.49. The van der Waals surface area contributed by atoms with Gasteiger partial charge in [-0.1, -0.05) is 72.3 Å². The number of ether oxygens (including phenoxy) is 2. The summed E-state index contributed by atoms with van der Waals surface area (Å²) in [5.41, 5.74) is 4.89. The molecule has 0 aliphatic rings. The third kappa shape index (κ3) is 7.08. The Bertz CT molecular complexity index is 881. The van der Waals surface area contributed by atoms with Gasteiger partial charge >= 0.3 is 0 Å². The van der Waals surface area contributed by atoms with Crippen molar-refractivity contribution in [2.75, 3.05) is 7.11 Å². The van der Waals surface area contributed by atoms with E-state index in [0.717, 1.165) is 42.0 Å². The van der Waals surface area contributed by atoms with Crippen molar-refractivity contribution in [1.29, 1.82) is 0 Å². The molecule has 3 aromatic rings. The summed E-state index contributed by atoms with van der Waals surface area (Å²) in [7, 11) is 1.69. The topological polar surface area (TPSA) is 30.5 Å². The zero-order valence-electron chi connectivity index (χ0n) is 18.1. The maximum atomic E-state index is 6.18. The highest BCUT2D eigenvalue weighted by atomic mass is 35.5. The van der Waals surface area contributed by atoms with Gasteiger partial charge in [-0.3, -0.25) is 0 Å². The van der Waals surface area contributed by atoms with Gasteiger partial charge in [-0.25, -0.2) is 0 Å². The van der Waals surface area contributed by atoms with Gasteiger partial charge in [-0.15, -0.1) is 12.4 Å². The molecular weight excluding hydrogens is 394 g/mol. The predicted octanol–water partition coefficient (Wildman–Crippen LogP) is 6.12. The molecule has 1 N–H and O–H groups in total. The summed E-state index contributed by atoms with van der Waals surface area (Å²) in [6.45, 7) is 5.59. The van der Waals surface area contributed by atoms with Crippen molar-refractivity contribution < 1.29 is 9.47 Å². The number of hydrogen-bond acceptors (Lipinski definition) is 3. The molecule has 0 aliphatic carbocycles. The molecule has 0 saturated carbocycles. The van der Waals surface area contributed by atoms with E-state index in [1.807, 2.05) is 12.1 Å². The summed E-state index contributed by atoms with van der Waals surface area (Å²) in [6, 6.07) is 25.5. The molecule has 1 unspecified atom stereocenters. The van der Waals surface area contributed by atoms with E-state index in [9.17, 15) is 0 Å². The van der Waals surface area contributed by atoms with E-state index in [2.05, 4.69) is 79.8 Å². The quantitative estimate of drug-likeness (QED) is 0.424. The van der Waals surface area contributed by atoms with Crippen LogP contribution in [0.4, 0.5) is 0 Å². The lowest BCUT2D eigenvalue weighted by Gasteiger charge is -2.18. The molecule has 4 heteroatoms. The zero-order chi connectivity index (χ0) is 20.5. The molecule has 3 aromatic carbocycles. The second-order valence-corrected chi connectivity index (χ2v) is 7.53. The lowest BCUT2D eigenvalue weighted by atomic mass is 10.1. The van der Waals surface area contributed by atoms with E-state index in [-0.39, 0.29) is 12.4 Å². The first-order chi connectivity index (χ1) is 14.2. The Morgan fingerprint density at radius 3 is 2.30 bits per heavy atom. The van der Waals surface area contributed by atoms with E-state index in [1.165, 1.54) is 11.1 Å². The van der Waals surface area contributed by atoms with Crippen LogP contribution in [-0.4, -0.2) is 13.2 Å². The summed E-state index contributed by atoms with van der Waals surface area (Å²) in [5, 5.41) is 3.63. The first-order valence-corrected chi connectivity index (χ1v) is 10.3. The number of benzene rings is 3. The van der Waals surface area contributed by atoms with Gasteiger partial charge in [0.1, 0.15) is 6.61 Å². The number of halogens is 1. The third-order valence-corrected chi connectivity index (χ3v) is 5.13. The standard InChI is InChI=1S/C26H31NO2.ClH/c1-20-12-15-23(16-13-20)19-29-26-24(10-7-11-25(26)28-3)18-27-21(2)14-17-22-8-5-4-6-9-22;/h4-13,15-16,21,27H,14,17-19H2,1-3H3;1H. The minimum absolute atomic E-state index is 0. The van der Waals surface area contributed by atoms with E-state index in [4.69, 9.17) is 9.47 Å². The van der Waals surface area contributed by atoms with Crippen LogP contribution in [0.2, 0.25) is 0 Å². The van der Waals surface area contributed by atoms with Crippen molar-refractivity contribution in [1.82, 2.24) is 5.32 Å². The van der Waals surface area contributed by atoms with Crippen LogP contribution in [0, 0.1) is 6.92 Å². The van der Waals surface area contributed by atoms with Crippen molar-refractivity contribution in [3.63, 3.8) is 0 Å². The zero-order valence-corrected chi connectivity index (χ0v) is 18.9. The highest BCUT2D eigenvalue weighted by molar-refractivity contribution is 5.85. The van der Waals surface area contributed by atoms with Crippen molar-refractivity contribution in [2.45, 2.75) is 45.9 Å². The Kier molecular flexibility index (Phi) is 9.72. The number of methoxy groups -OCH3 is 1. The maximum Gasteiger partial charge on any atom is 0.166 e. The monoisotopic (exact) mass is 425 g/mol. The van der Waals surface area contributed by atoms with Crippen LogP contribution in [0.25, 0.3) is 0 Å². The van der Waals surface area contributed by atoms with Crippen LogP contribution in [0.3, 0.4) is 0 Å². The number of hydrogen-bond donors (Lipinski definition) is 1. The normalized spacial score (nSPS) is 11.4. The predicted molar refractivity (Wildman–Crippen MR) is 127 cm³/mol. The first-order valence-electron chi connectivity index (χ1n) is 10.3. The number of para-hydroxylation sites is 1. The summed E-state index contributed by atoms with van der Waals surface area (Å²) >= 11 is 0. The van der Waals surface area contributed by atoms with Gasteiger partial charge in [-0.05, 0) is 43.9 Å².